The summed E-state index contributed by atoms with van der Waals surface area (Å²) in [5.74, 6) is -1.14. The van der Waals surface area contributed by atoms with Gasteiger partial charge in [0, 0.05) is 17.4 Å². The molecule has 3 N–H and O–H groups in total. The summed E-state index contributed by atoms with van der Waals surface area (Å²) < 4.78 is 5.62. The average Bonchev–Trinajstić information content (AvgIpc) is 2.38. The number of benzene rings is 1. The standard InChI is InChI=1S/C12H14BrNO5/c1-19-7-2-3-9(13)8(6-7)11(16)14-5-4-10(15)12(17)18/h2-3,6,10,15H,4-5H2,1H3,(H,14,16)(H,17,18). The Morgan fingerprint density at radius 2 is 2.16 bits per heavy atom. The second-order valence-electron chi connectivity index (χ2n) is 3.74. The zero-order valence-corrected chi connectivity index (χ0v) is 11.8. The third kappa shape index (κ3) is 4.53. The normalized spacial score (nSPS) is 11.7. The van der Waals surface area contributed by atoms with Crippen molar-refractivity contribution in [3.05, 3.63) is 28.2 Å². The summed E-state index contributed by atoms with van der Waals surface area (Å²) in [5.41, 5.74) is 0.379. The predicted octanol–water partition coefficient (Wildman–Crippen LogP) is 1.02. The molecule has 1 rings (SSSR count). The van der Waals surface area contributed by atoms with E-state index in [1.807, 2.05) is 0 Å². The van der Waals surface area contributed by atoms with Crippen molar-refractivity contribution in [1.29, 1.82) is 0 Å². The van der Waals surface area contributed by atoms with Gasteiger partial charge in [0.15, 0.2) is 6.10 Å². The minimum absolute atomic E-state index is 0.0529. The van der Waals surface area contributed by atoms with Crippen LogP contribution in [0.4, 0.5) is 0 Å². The first-order valence-electron chi connectivity index (χ1n) is 5.48. The van der Waals surface area contributed by atoms with Gasteiger partial charge in [0.2, 0.25) is 0 Å². The van der Waals surface area contributed by atoms with E-state index in [1.165, 1.54) is 7.11 Å². The zero-order valence-electron chi connectivity index (χ0n) is 10.2. The van der Waals surface area contributed by atoms with E-state index in [4.69, 9.17) is 14.9 Å². The number of aliphatic hydroxyl groups excluding tert-OH is 1. The Balaban J connectivity index is 2.61. The highest BCUT2D eigenvalue weighted by Gasteiger charge is 2.15. The summed E-state index contributed by atoms with van der Waals surface area (Å²) in [7, 11) is 1.49. The Morgan fingerprint density at radius 1 is 1.47 bits per heavy atom. The average molecular weight is 332 g/mol. The van der Waals surface area contributed by atoms with Gasteiger partial charge in [-0.25, -0.2) is 4.79 Å². The molecule has 0 radical (unpaired) electrons. The molecule has 1 unspecified atom stereocenters. The number of hydrogen-bond acceptors (Lipinski definition) is 4. The lowest BCUT2D eigenvalue weighted by Crippen LogP contribution is -2.30. The topological polar surface area (TPSA) is 95.9 Å². The second kappa shape index (κ2) is 7.10. The highest BCUT2D eigenvalue weighted by atomic mass is 79.9. The molecule has 0 aliphatic rings. The van der Waals surface area contributed by atoms with Crippen molar-refractivity contribution in [3.8, 4) is 5.75 Å². The number of carboxylic acid groups (broad SMARTS) is 1. The van der Waals surface area contributed by atoms with Gasteiger partial charge in [-0.1, -0.05) is 0 Å². The lowest BCUT2D eigenvalue weighted by atomic mass is 10.2. The fourth-order valence-electron chi connectivity index (χ4n) is 1.35. The molecule has 0 aliphatic carbocycles. The van der Waals surface area contributed by atoms with Gasteiger partial charge in [-0.2, -0.15) is 0 Å². The summed E-state index contributed by atoms with van der Waals surface area (Å²) >= 11 is 3.24. The molecule has 1 atom stereocenters. The van der Waals surface area contributed by atoms with Crippen LogP contribution in [0.15, 0.2) is 22.7 Å². The number of nitrogens with one attached hydrogen (secondary N) is 1. The van der Waals surface area contributed by atoms with Gasteiger partial charge < -0.3 is 20.3 Å². The van der Waals surface area contributed by atoms with Crippen molar-refractivity contribution in [1.82, 2.24) is 5.32 Å². The van der Waals surface area contributed by atoms with Crippen LogP contribution in [0.3, 0.4) is 0 Å². The number of aliphatic hydroxyl groups is 1. The lowest BCUT2D eigenvalue weighted by Gasteiger charge is -2.09. The Morgan fingerprint density at radius 3 is 2.74 bits per heavy atom. The summed E-state index contributed by atoms with van der Waals surface area (Å²) in [5, 5.41) is 20.1. The molecule has 1 aromatic rings. The fourth-order valence-corrected chi connectivity index (χ4v) is 1.77. The SMILES string of the molecule is COc1ccc(Br)c(C(=O)NCCC(O)C(=O)O)c1. The van der Waals surface area contributed by atoms with Crippen molar-refractivity contribution in [2.45, 2.75) is 12.5 Å². The van der Waals surface area contributed by atoms with Gasteiger partial charge in [0.1, 0.15) is 5.75 Å². The Hall–Kier alpha value is -1.60. The van der Waals surface area contributed by atoms with Crippen molar-refractivity contribution >= 4 is 27.8 Å². The largest absolute Gasteiger partial charge is 0.497 e. The summed E-state index contributed by atoms with van der Waals surface area (Å²) in [4.78, 5) is 22.3. The molecular weight excluding hydrogens is 318 g/mol. The quantitative estimate of drug-likeness (QED) is 0.723. The summed E-state index contributed by atoms with van der Waals surface area (Å²) in [6.07, 6.45) is -1.53. The molecule has 19 heavy (non-hydrogen) atoms. The number of carboxylic acids is 1. The summed E-state index contributed by atoms with van der Waals surface area (Å²) in [6, 6.07) is 4.95. The van der Waals surface area contributed by atoms with Crippen LogP contribution in [0.2, 0.25) is 0 Å². The first-order chi connectivity index (χ1) is 8.95. The first kappa shape index (κ1) is 15.5. The van der Waals surface area contributed by atoms with E-state index in [-0.39, 0.29) is 18.9 Å². The van der Waals surface area contributed by atoms with E-state index in [1.54, 1.807) is 18.2 Å². The van der Waals surface area contributed by atoms with Crippen LogP contribution >= 0.6 is 15.9 Å². The van der Waals surface area contributed by atoms with Gasteiger partial charge in [0.25, 0.3) is 5.91 Å². The molecule has 0 fully saturated rings. The lowest BCUT2D eigenvalue weighted by molar-refractivity contribution is -0.146. The van der Waals surface area contributed by atoms with Gasteiger partial charge in [-0.3, -0.25) is 4.79 Å². The van der Waals surface area contributed by atoms with Crippen LogP contribution in [0, 0.1) is 0 Å². The highest BCUT2D eigenvalue weighted by molar-refractivity contribution is 9.10. The fraction of sp³-hybridized carbons (Fsp3) is 0.333. The highest BCUT2D eigenvalue weighted by Crippen LogP contribution is 2.22. The molecule has 1 aromatic carbocycles. The third-order valence-electron chi connectivity index (χ3n) is 2.41. The van der Waals surface area contributed by atoms with Crippen LogP contribution < -0.4 is 10.1 Å². The Kier molecular flexibility index (Phi) is 5.78. The molecule has 0 saturated carbocycles. The molecule has 6 nitrogen and oxygen atoms in total. The van der Waals surface area contributed by atoms with Gasteiger partial charge >= 0.3 is 5.97 Å². The van der Waals surface area contributed by atoms with Crippen molar-refractivity contribution in [3.63, 3.8) is 0 Å². The Labute approximate surface area is 118 Å². The molecule has 1 amide bonds. The molecule has 0 spiro atoms. The molecule has 104 valence electrons. The minimum atomic E-state index is -1.48. The van der Waals surface area contributed by atoms with Crippen molar-refractivity contribution < 1.29 is 24.5 Å². The van der Waals surface area contributed by atoms with Crippen molar-refractivity contribution in [2.24, 2.45) is 0 Å². The van der Waals surface area contributed by atoms with Crippen LogP contribution in [0.25, 0.3) is 0 Å². The minimum Gasteiger partial charge on any atom is -0.497 e. The van der Waals surface area contributed by atoms with Crippen molar-refractivity contribution in [2.75, 3.05) is 13.7 Å². The zero-order chi connectivity index (χ0) is 14.4. The van der Waals surface area contributed by atoms with E-state index in [9.17, 15) is 9.59 Å². The molecule has 0 saturated heterocycles. The maximum Gasteiger partial charge on any atom is 0.332 e. The number of amides is 1. The smallest absolute Gasteiger partial charge is 0.332 e. The van der Waals surface area contributed by atoms with E-state index in [0.717, 1.165) is 0 Å². The number of carbonyl (C=O) groups is 2. The van der Waals surface area contributed by atoms with Crippen LogP contribution in [-0.2, 0) is 4.79 Å². The molecule has 0 aromatic heterocycles. The van der Waals surface area contributed by atoms with Gasteiger partial charge in [-0.05, 0) is 34.1 Å². The number of aliphatic carboxylic acids is 1. The van der Waals surface area contributed by atoms with Crippen LogP contribution in [0.1, 0.15) is 16.8 Å². The number of ether oxygens (including phenoxy) is 1. The number of carbonyl (C=O) groups excluding carboxylic acids is 1. The van der Waals surface area contributed by atoms with E-state index < -0.39 is 12.1 Å². The molecule has 7 heteroatoms. The third-order valence-corrected chi connectivity index (χ3v) is 3.10. The van der Waals surface area contributed by atoms with Crippen LogP contribution in [0.5, 0.6) is 5.75 Å². The molecule has 0 aliphatic heterocycles. The van der Waals surface area contributed by atoms with E-state index in [2.05, 4.69) is 21.2 Å². The molecule has 0 bridgehead atoms. The van der Waals surface area contributed by atoms with Gasteiger partial charge in [0.05, 0.1) is 12.7 Å². The van der Waals surface area contributed by atoms with Gasteiger partial charge in [-0.15, -0.1) is 0 Å². The first-order valence-corrected chi connectivity index (χ1v) is 6.27. The monoisotopic (exact) mass is 331 g/mol. The molecule has 0 heterocycles. The number of halogens is 1. The van der Waals surface area contributed by atoms with E-state index in [0.29, 0.717) is 15.8 Å². The maximum absolute atomic E-state index is 11.9. The number of hydrogen-bond donors (Lipinski definition) is 3. The summed E-state index contributed by atoms with van der Waals surface area (Å²) in [6.45, 7) is 0.0654. The predicted molar refractivity (Wildman–Crippen MR) is 71.3 cm³/mol. The number of rotatable bonds is 6. The van der Waals surface area contributed by atoms with E-state index >= 15 is 0 Å². The maximum atomic E-state index is 11.9. The number of methoxy groups -OCH3 is 1. The molecular formula is C12H14BrNO5. The van der Waals surface area contributed by atoms with Crippen LogP contribution in [-0.4, -0.2) is 41.8 Å². The Bertz CT molecular complexity index is 477. The second-order valence-corrected chi connectivity index (χ2v) is 4.60.